The summed E-state index contributed by atoms with van der Waals surface area (Å²) in [7, 11) is 0. The van der Waals surface area contributed by atoms with Gasteiger partial charge < -0.3 is 8.98 Å². The van der Waals surface area contributed by atoms with Crippen molar-refractivity contribution in [2.24, 2.45) is 4.99 Å². The summed E-state index contributed by atoms with van der Waals surface area (Å²) in [6, 6.07) is 11.8. The molecule has 23 heavy (non-hydrogen) atoms. The second-order valence-corrected chi connectivity index (χ2v) is 7.59. The number of furan rings is 1. The molecule has 0 saturated carbocycles. The largest absolute Gasteiger partial charge is 0.467 e. The number of nitrogens with zero attached hydrogens (tertiary/aromatic N) is 2. The van der Waals surface area contributed by atoms with E-state index in [0.29, 0.717) is 6.54 Å². The van der Waals surface area contributed by atoms with Gasteiger partial charge in [0.2, 0.25) is 0 Å². The second-order valence-electron chi connectivity index (χ2n) is 6.31. The normalized spacial score (nSPS) is 12.8. The van der Waals surface area contributed by atoms with E-state index < -0.39 is 0 Å². The van der Waals surface area contributed by atoms with E-state index in [1.807, 2.05) is 36.4 Å². The number of benzene rings is 1. The summed E-state index contributed by atoms with van der Waals surface area (Å²) >= 11 is 7.65. The summed E-state index contributed by atoms with van der Waals surface area (Å²) in [5.74, 6) is 0.868. The molecule has 0 radical (unpaired) electrons. The zero-order chi connectivity index (χ0) is 16.4. The Hall–Kier alpha value is -1.78. The first kappa shape index (κ1) is 16.1. The monoisotopic (exact) mass is 346 g/mol. The minimum atomic E-state index is -0.0725. The van der Waals surface area contributed by atoms with Crippen LogP contribution in [0.1, 0.15) is 26.5 Å². The van der Waals surface area contributed by atoms with Gasteiger partial charge in [-0.05, 0) is 50.6 Å². The second kappa shape index (κ2) is 6.38. The van der Waals surface area contributed by atoms with Crippen LogP contribution in [0.4, 0.5) is 0 Å². The molecule has 3 rings (SSSR count). The summed E-state index contributed by atoms with van der Waals surface area (Å²) < 4.78 is 7.64. The molecule has 3 aromatic rings. The molecule has 0 amide bonds. The minimum absolute atomic E-state index is 0.0725. The Morgan fingerprint density at radius 3 is 2.52 bits per heavy atom. The summed E-state index contributed by atoms with van der Waals surface area (Å²) in [5, 5.41) is 2.89. The Morgan fingerprint density at radius 1 is 1.17 bits per heavy atom. The molecule has 0 unspecified atom stereocenters. The third kappa shape index (κ3) is 3.59. The fourth-order valence-corrected chi connectivity index (χ4v) is 3.64. The zero-order valence-corrected chi connectivity index (χ0v) is 15.0. The lowest BCUT2D eigenvalue weighted by Crippen LogP contribution is -2.31. The Kier molecular flexibility index (Phi) is 4.46. The first-order valence-corrected chi connectivity index (χ1v) is 8.71. The van der Waals surface area contributed by atoms with Crippen LogP contribution in [0.3, 0.4) is 0 Å². The van der Waals surface area contributed by atoms with Crippen LogP contribution >= 0.6 is 22.9 Å². The number of rotatable bonds is 3. The molecule has 0 bridgehead atoms. The van der Waals surface area contributed by atoms with Crippen molar-refractivity contribution in [3.05, 3.63) is 63.6 Å². The van der Waals surface area contributed by atoms with Gasteiger partial charge in [-0.25, -0.2) is 0 Å². The zero-order valence-electron chi connectivity index (χ0n) is 13.4. The molecular weight excluding hydrogens is 328 g/mol. The van der Waals surface area contributed by atoms with Gasteiger partial charge in [-0.3, -0.25) is 4.99 Å². The van der Waals surface area contributed by atoms with Crippen molar-refractivity contribution in [3.63, 3.8) is 0 Å². The maximum atomic E-state index is 6.01. The fraction of sp³-hybridized carbons (Fsp3) is 0.278. The van der Waals surface area contributed by atoms with Gasteiger partial charge in [-0.15, -0.1) is 11.3 Å². The van der Waals surface area contributed by atoms with Gasteiger partial charge in [0.25, 0.3) is 0 Å². The Labute approximate surface area is 144 Å². The van der Waals surface area contributed by atoms with E-state index in [-0.39, 0.29) is 5.54 Å². The first-order valence-electron chi connectivity index (χ1n) is 7.45. The lowest BCUT2D eigenvalue weighted by Gasteiger charge is -2.24. The van der Waals surface area contributed by atoms with E-state index in [0.717, 1.165) is 26.8 Å². The number of aromatic nitrogens is 1. The van der Waals surface area contributed by atoms with Crippen molar-refractivity contribution in [2.75, 3.05) is 0 Å². The topological polar surface area (TPSA) is 30.4 Å². The van der Waals surface area contributed by atoms with Crippen molar-refractivity contribution in [2.45, 2.75) is 32.9 Å². The Bertz CT molecular complexity index is 837. The van der Waals surface area contributed by atoms with Crippen LogP contribution in [-0.4, -0.2) is 4.57 Å². The van der Waals surface area contributed by atoms with Gasteiger partial charge in [0.1, 0.15) is 12.3 Å². The molecule has 0 saturated heterocycles. The standard InChI is InChI=1S/C18H19ClN2OS/c1-18(2,3)21-16(13-6-8-14(19)9-7-13)12-23-17(21)20-11-15-5-4-10-22-15/h4-10,12H,11H2,1-3H3. The summed E-state index contributed by atoms with van der Waals surface area (Å²) in [4.78, 5) is 5.73. The molecule has 5 heteroatoms. The number of hydrogen-bond donors (Lipinski definition) is 0. The summed E-state index contributed by atoms with van der Waals surface area (Å²) in [6.07, 6.45) is 1.68. The summed E-state index contributed by atoms with van der Waals surface area (Å²) in [6.45, 7) is 7.10. The highest BCUT2D eigenvalue weighted by molar-refractivity contribution is 7.07. The van der Waals surface area contributed by atoms with E-state index in [9.17, 15) is 0 Å². The first-order chi connectivity index (χ1) is 10.9. The highest BCUT2D eigenvalue weighted by atomic mass is 35.5. The van der Waals surface area contributed by atoms with Gasteiger partial charge in [-0.2, -0.15) is 0 Å². The maximum Gasteiger partial charge on any atom is 0.186 e. The van der Waals surface area contributed by atoms with E-state index in [1.165, 1.54) is 0 Å². The molecule has 0 aliphatic carbocycles. The number of hydrogen-bond acceptors (Lipinski definition) is 3. The van der Waals surface area contributed by atoms with Crippen molar-refractivity contribution in [1.82, 2.24) is 4.57 Å². The Morgan fingerprint density at radius 2 is 1.91 bits per heavy atom. The average molecular weight is 347 g/mol. The third-order valence-electron chi connectivity index (χ3n) is 3.47. The molecule has 2 aromatic heterocycles. The summed E-state index contributed by atoms with van der Waals surface area (Å²) in [5.41, 5.74) is 2.22. The molecule has 2 heterocycles. The third-order valence-corrected chi connectivity index (χ3v) is 4.58. The molecule has 3 nitrogen and oxygen atoms in total. The molecule has 0 atom stereocenters. The van der Waals surface area contributed by atoms with Crippen molar-refractivity contribution in [1.29, 1.82) is 0 Å². The predicted octanol–water partition coefficient (Wildman–Crippen LogP) is 5.32. The van der Waals surface area contributed by atoms with E-state index in [4.69, 9.17) is 21.0 Å². The minimum Gasteiger partial charge on any atom is -0.467 e. The Balaban J connectivity index is 2.08. The van der Waals surface area contributed by atoms with Gasteiger partial charge in [0, 0.05) is 15.9 Å². The lowest BCUT2D eigenvalue weighted by molar-refractivity contribution is 0.389. The van der Waals surface area contributed by atoms with E-state index in [2.05, 4.69) is 30.7 Å². The fourth-order valence-electron chi connectivity index (χ4n) is 2.44. The van der Waals surface area contributed by atoms with Gasteiger partial charge in [0.15, 0.2) is 4.80 Å². The number of thiazole rings is 1. The highest BCUT2D eigenvalue weighted by Gasteiger charge is 2.19. The molecule has 120 valence electrons. The SMILES string of the molecule is CC(C)(C)n1c(-c2ccc(Cl)cc2)csc1=NCc1ccco1. The number of halogens is 1. The van der Waals surface area contributed by atoms with Crippen molar-refractivity contribution < 1.29 is 4.42 Å². The smallest absolute Gasteiger partial charge is 0.186 e. The molecule has 0 spiro atoms. The molecule has 0 aliphatic rings. The van der Waals surface area contributed by atoms with Crippen LogP contribution in [0.2, 0.25) is 5.02 Å². The van der Waals surface area contributed by atoms with Crippen molar-refractivity contribution >= 4 is 22.9 Å². The van der Waals surface area contributed by atoms with Crippen LogP contribution in [0.15, 0.2) is 57.5 Å². The average Bonchev–Trinajstić information content (AvgIpc) is 3.14. The van der Waals surface area contributed by atoms with Crippen LogP contribution in [-0.2, 0) is 12.1 Å². The van der Waals surface area contributed by atoms with Crippen LogP contribution in [0, 0.1) is 0 Å². The molecule has 0 fully saturated rings. The van der Waals surface area contributed by atoms with E-state index in [1.54, 1.807) is 17.6 Å². The quantitative estimate of drug-likeness (QED) is 0.631. The van der Waals surface area contributed by atoms with Crippen LogP contribution in [0.5, 0.6) is 0 Å². The molecule has 0 aliphatic heterocycles. The van der Waals surface area contributed by atoms with Gasteiger partial charge >= 0.3 is 0 Å². The van der Waals surface area contributed by atoms with Gasteiger partial charge in [-0.1, -0.05) is 23.7 Å². The van der Waals surface area contributed by atoms with Crippen molar-refractivity contribution in [3.8, 4) is 11.3 Å². The maximum absolute atomic E-state index is 6.01. The van der Waals surface area contributed by atoms with E-state index >= 15 is 0 Å². The van der Waals surface area contributed by atoms with Gasteiger partial charge in [0.05, 0.1) is 12.0 Å². The van der Waals surface area contributed by atoms with Crippen LogP contribution < -0.4 is 4.80 Å². The predicted molar refractivity (Wildman–Crippen MR) is 95.7 cm³/mol. The molecule has 0 N–H and O–H groups in total. The molecular formula is C18H19ClN2OS. The highest BCUT2D eigenvalue weighted by Crippen LogP contribution is 2.27. The molecule has 1 aromatic carbocycles. The lowest BCUT2D eigenvalue weighted by atomic mass is 10.1. The van der Waals surface area contributed by atoms with Crippen LogP contribution in [0.25, 0.3) is 11.3 Å².